The molecule has 0 aromatic heterocycles. The predicted molar refractivity (Wildman–Crippen MR) is 94.5 cm³/mol. The van der Waals surface area contributed by atoms with Gasteiger partial charge < -0.3 is 20.5 Å². The van der Waals surface area contributed by atoms with Crippen molar-refractivity contribution < 1.29 is 14.3 Å². The maximum absolute atomic E-state index is 12.2. The summed E-state index contributed by atoms with van der Waals surface area (Å²) >= 11 is 0. The van der Waals surface area contributed by atoms with Crippen molar-refractivity contribution in [2.45, 2.75) is 32.6 Å². The quantitative estimate of drug-likeness (QED) is 0.822. The molecule has 24 heavy (non-hydrogen) atoms. The maximum atomic E-state index is 12.2. The van der Waals surface area contributed by atoms with Crippen LogP contribution in [-0.2, 0) is 11.2 Å². The summed E-state index contributed by atoms with van der Waals surface area (Å²) in [5.74, 6) is 1.64. The normalized spacial score (nSPS) is 12.5. The smallest absolute Gasteiger partial charge is 0.231 e. The van der Waals surface area contributed by atoms with E-state index < -0.39 is 0 Å². The van der Waals surface area contributed by atoms with Gasteiger partial charge >= 0.3 is 0 Å². The summed E-state index contributed by atoms with van der Waals surface area (Å²) in [5, 5.41) is 2.84. The molecule has 126 valence electrons. The van der Waals surface area contributed by atoms with Crippen LogP contribution in [0.5, 0.6) is 11.5 Å². The van der Waals surface area contributed by atoms with E-state index in [9.17, 15) is 4.79 Å². The van der Waals surface area contributed by atoms with Gasteiger partial charge in [-0.2, -0.15) is 0 Å². The fraction of sp³-hybridized carbons (Fsp3) is 0.316. The molecule has 0 bridgehead atoms. The molecular weight excluding hydrogens is 304 g/mol. The molecule has 5 heteroatoms. The Hall–Kier alpha value is -2.69. The van der Waals surface area contributed by atoms with E-state index in [1.807, 2.05) is 0 Å². The Kier molecular flexibility index (Phi) is 4.60. The number of benzene rings is 2. The van der Waals surface area contributed by atoms with E-state index in [4.69, 9.17) is 15.2 Å². The number of carbonyl (C=O) groups is 1. The van der Waals surface area contributed by atoms with Crippen molar-refractivity contribution in [1.82, 2.24) is 0 Å². The zero-order valence-electron chi connectivity index (χ0n) is 14.0. The fourth-order valence-corrected chi connectivity index (χ4v) is 2.61. The summed E-state index contributed by atoms with van der Waals surface area (Å²) in [5.41, 5.74) is 9.41. The Labute approximate surface area is 141 Å². The molecule has 0 atom stereocenters. The molecule has 0 aliphatic carbocycles. The lowest BCUT2D eigenvalue weighted by Gasteiger charge is -2.10. The van der Waals surface area contributed by atoms with Crippen LogP contribution in [0.3, 0.4) is 0 Å². The summed E-state index contributed by atoms with van der Waals surface area (Å²) in [4.78, 5) is 12.2. The minimum atomic E-state index is -0.0755. The second-order valence-electron chi connectivity index (χ2n) is 6.24. The minimum absolute atomic E-state index is 0.0755. The van der Waals surface area contributed by atoms with Crippen molar-refractivity contribution in [3.05, 3.63) is 47.5 Å². The van der Waals surface area contributed by atoms with Crippen LogP contribution in [0, 0.1) is 0 Å². The number of hydrogen-bond donors (Lipinski definition) is 2. The van der Waals surface area contributed by atoms with Crippen molar-refractivity contribution in [3.8, 4) is 11.5 Å². The summed E-state index contributed by atoms with van der Waals surface area (Å²) < 4.78 is 10.6. The van der Waals surface area contributed by atoms with Gasteiger partial charge in [0, 0.05) is 18.6 Å². The number of hydrogen-bond acceptors (Lipinski definition) is 4. The first-order valence-corrected chi connectivity index (χ1v) is 8.10. The Balaban J connectivity index is 1.58. The molecule has 0 spiro atoms. The molecule has 5 nitrogen and oxygen atoms in total. The standard InChI is InChI=1S/C19H22N2O3/c1-12(2)14-6-3-13(4-7-14)5-8-19(22)21-16-10-18-17(9-15(16)20)23-11-24-18/h3-4,6-7,9-10,12H,5,8,11,20H2,1-2H3,(H,21,22). The molecule has 3 rings (SSSR count). The van der Waals surface area contributed by atoms with Crippen molar-refractivity contribution in [2.75, 3.05) is 17.8 Å². The van der Waals surface area contributed by atoms with Gasteiger partial charge in [0.15, 0.2) is 11.5 Å². The number of ether oxygens (including phenoxy) is 2. The molecule has 1 aliphatic heterocycles. The molecule has 0 unspecified atom stereocenters. The Morgan fingerprint density at radius 2 is 1.83 bits per heavy atom. The van der Waals surface area contributed by atoms with Gasteiger partial charge in [-0.25, -0.2) is 0 Å². The topological polar surface area (TPSA) is 73.6 Å². The highest BCUT2D eigenvalue weighted by Gasteiger charge is 2.17. The average Bonchev–Trinajstić information content (AvgIpc) is 3.00. The average molecular weight is 326 g/mol. The number of nitrogens with one attached hydrogen (secondary N) is 1. The molecule has 2 aromatic rings. The molecule has 1 amide bonds. The zero-order valence-corrected chi connectivity index (χ0v) is 14.0. The molecule has 1 aliphatic rings. The SMILES string of the molecule is CC(C)c1ccc(CCC(=O)Nc2cc3c(cc2N)OCO3)cc1. The third-order valence-corrected chi connectivity index (χ3v) is 4.11. The van der Waals surface area contributed by atoms with E-state index in [0.29, 0.717) is 41.6 Å². The number of aryl methyl sites for hydroxylation is 1. The van der Waals surface area contributed by atoms with Crippen molar-refractivity contribution in [3.63, 3.8) is 0 Å². The predicted octanol–water partition coefficient (Wildman–Crippen LogP) is 3.69. The van der Waals surface area contributed by atoms with Gasteiger partial charge in [-0.05, 0) is 23.5 Å². The van der Waals surface area contributed by atoms with Crippen molar-refractivity contribution >= 4 is 17.3 Å². The van der Waals surface area contributed by atoms with Gasteiger partial charge in [0.2, 0.25) is 12.7 Å². The first kappa shape index (κ1) is 16.2. The van der Waals surface area contributed by atoms with E-state index in [0.717, 1.165) is 5.56 Å². The third-order valence-electron chi connectivity index (χ3n) is 4.11. The lowest BCUT2D eigenvalue weighted by molar-refractivity contribution is -0.116. The number of nitrogens with two attached hydrogens (primary N) is 1. The second-order valence-corrected chi connectivity index (χ2v) is 6.24. The summed E-state index contributed by atoms with van der Waals surface area (Å²) in [6.07, 6.45) is 1.09. The van der Waals surface area contributed by atoms with Crippen LogP contribution in [0.25, 0.3) is 0 Å². The Morgan fingerprint density at radius 1 is 1.17 bits per heavy atom. The van der Waals surface area contributed by atoms with Gasteiger partial charge in [-0.15, -0.1) is 0 Å². The molecular formula is C19H22N2O3. The molecule has 0 fully saturated rings. The van der Waals surface area contributed by atoms with Gasteiger partial charge in [0.1, 0.15) is 0 Å². The van der Waals surface area contributed by atoms with Crippen LogP contribution in [-0.4, -0.2) is 12.7 Å². The zero-order chi connectivity index (χ0) is 17.1. The number of anilines is 2. The summed E-state index contributed by atoms with van der Waals surface area (Å²) in [6.45, 7) is 4.51. The van der Waals surface area contributed by atoms with Crippen LogP contribution in [0.15, 0.2) is 36.4 Å². The third kappa shape index (κ3) is 3.62. The number of carbonyl (C=O) groups excluding carboxylic acids is 1. The minimum Gasteiger partial charge on any atom is -0.454 e. The van der Waals surface area contributed by atoms with Crippen LogP contribution < -0.4 is 20.5 Å². The van der Waals surface area contributed by atoms with Gasteiger partial charge in [-0.1, -0.05) is 38.1 Å². The van der Waals surface area contributed by atoms with Crippen molar-refractivity contribution in [1.29, 1.82) is 0 Å². The number of nitrogen functional groups attached to an aromatic ring is 1. The largest absolute Gasteiger partial charge is 0.454 e. The monoisotopic (exact) mass is 326 g/mol. The Morgan fingerprint density at radius 3 is 2.50 bits per heavy atom. The number of fused-ring (bicyclic) bond motifs is 1. The van der Waals surface area contributed by atoms with Crippen molar-refractivity contribution in [2.24, 2.45) is 0 Å². The van der Waals surface area contributed by atoms with E-state index in [1.165, 1.54) is 5.56 Å². The van der Waals surface area contributed by atoms with Crippen LogP contribution in [0.1, 0.15) is 37.3 Å². The molecule has 1 heterocycles. The first-order valence-electron chi connectivity index (χ1n) is 8.10. The van der Waals surface area contributed by atoms with E-state index in [-0.39, 0.29) is 12.7 Å². The lowest BCUT2D eigenvalue weighted by Crippen LogP contribution is -2.13. The number of rotatable bonds is 5. The van der Waals surface area contributed by atoms with Crippen LogP contribution >= 0.6 is 0 Å². The fourth-order valence-electron chi connectivity index (χ4n) is 2.61. The second kappa shape index (κ2) is 6.83. The summed E-state index contributed by atoms with van der Waals surface area (Å²) in [7, 11) is 0. The van der Waals surface area contributed by atoms with Gasteiger partial charge in [0.25, 0.3) is 0 Å². The molecule has 0 saturated carbocycles. The van der Waals surface area contributed by atoms with Crippen LogP contribution in [0.2, 0.25) is 0 Å². The van der Waals surface area contributed by atoms with E-state index in [2.05, 4.69) is 43.4 Å². The van der Waals surface area contributed by atoms with Gasteiger partial charge in [-0.3, -0.25) is 4.79 Å². The summed E-state index contributed by atoms with van der Waals surface area (Å²) in [6, 6.07) is 11.8. The molecule has 0 saturated heterocycles. The highest BCUT2D eigenvalue weighted by Crippen LogP contribution is 2.38. The molecule has 0 radical (unpaired) electrons. The van der Waals surface area contributed by atoms with Crippen LogP contribution in [0.4, 0.5) is 11.4 Å². The van der Waals surface area contributed by atoms with Gasteiger partial charge in [0.05, 0.1) is 11.4 Å². The number of amides is 1. The molecule has 2 aromatic carbocycles. The highest BCUT2D eigenvalue weighted by atomic mass is 16.7. The lowest BCUT2D eigenvalue weighted by atomic mass is 10.0. The first-order chi connectivity index (χ1) is 11.5. The maximum Gasteiger partial charge on any atom is 0.231 e. The van der Waals surface area contributed by atoms with E-state index >= 15 is 0 Å². The van der Waals surface area contributed by atoms with E-state index in [1.54, 1.807) is 12.1 Å². The highest BCUT2D eigenvalue weighted by molar-refractivity contribution is 5.94. The Bertz CT molecular complexity index is 739. The molecule has 3 N–H and O–H groups in total.